The molecule has 1 aliphatic heterocycles. The maximum absolute atomic E-state index is 10.4. The molecule has 2 atom stereocenters. The van der Waals surface area contributed by atoms with Gasteiger partial charge in [0.1, 0.15) is 6.29 Å². The number of carbonyl (C=O) groups is 1. The molecule has 5 nitrogen and oxygen atoms in total. The zero-order valence-electron chi connectivity index (χ0n) is 16.7. The molecular weight excluding hydrogens is 340 g/mol. The highest BCUT2D eigenvalue weighted by molar-refractivity contribution is 5.49. The van der Waals surface area contributed by atoms with E-state index in [0.717, 1.165) is 57.4 Å². The molecule has 2 unspecified atom stereocenters. The lowest BCUT2D eigenvalue weighted by molar-refractivity contribution is -0.108. The van der Waals surface area contributed by atoms with Gasteiger partial charge in [0.25, 0.3) is 0 Å². The van der Waals surface area contributed by atoms with E-state index in [1.165, 1.54) is 24.9 Å². The highest BCUT2D eigenvalue weighted by atomic mass is 16.3. The SMILES string of the molecule is CC(O)C(O)Cc1ccc(CCCCN2CCN(CCCC=O)CC2)cc1. The smallest absolute Gasteiger partial charge is 0.120 e. The molecule has 152 valence electrons. The first-order valence-electron chi connectivity index (χ1n) is 10.4. The fourth-order valence-electron chi connectivity index (χ4n) is 3.55. The topological polar surface area (TPSA) is 64.0 Å². The molecule has 1 aromatic rings. The average molecular weight is 377 g/mol. The average Bonchev–Trinajstić information content (AvgIpc) is 2.67. The number of aliphatic hydroxyl groups excluding tert-OH is 2. The van der Waals surface area contributed by atoms with Crippen molar-refractivity contribution in [3.8, 4) is 0 Å². The normalized spacial score (nSPS) is 18.3. The van der Waals surface area contributed by atoms with Crippen molar-refractivity contribution in [2.24, 2.45) is 0 Å². The van der Waals surface area contributed by atoms with Crippen LogP contribution in [-0.2, 0) is 17.6 Å². The number of hydrogen-bond acceptors (Lipinski definition) is 5. The van der Waals surface area contributed by atoms with Gasteiger partial charge in [-0.25, -0.2) is 0 Å². The molecule has 0 aromatic heterocycles. The Balaban J connectivity index is 1.57. The number of benzene rings is 1. The molecule has 0 saturated carbocycles. The highest BCUT2D eigenvalue weighted by Gasteiger charge is 2.15. The molecule has 27 heavy (non-hydrogen) atoms. The van der Waals surface area contributed by atoms with Crippen LogP contribution in [0.25, 0.3) is 0 Å². The fraction of sp³-hybridized carbons (Fsp3) is 0.682. The molecule has 2 N–H and O–H groups in total. The Bertz CT molecular complexity index is 525. The van der Waals surface area contributed by atoms with Crippen molar-refractivity contribution in [1.82, 2.24) is 9.80 Å². The molecule has 1 heterocycles. The first-order chi connectivity index (χ1) is 13.1. The van der Waals surface area contributed by atoms with Crippen molar-refractivity contribution >= 4 is 6.29 Å². The summed E-state index contributed by atoms with van der Waals surface area (Å²) in [5.41, 5.74) is 2.41. The summed E-state index contributed by atoms with van der Waals surface area (Å²) >= 11 is 0. The van der Waals surface area contributed by atoms with Gasteiger partial charge in [-0.1, -0.05) is 24.3 Å². The lowest BCUT2D eigenvalue weighted by atomic mass is 10.0. The van der Waals surface area contributed by atoms with Crippen molar-refractivity contribution in [2.75, 3.05) is 39.3 Å². The predicted molar refractivity (Wildman–Crippen MR) is 109 cm³/mol. The van der Waals surface area contributed by atoms with Crippen molar-refractivity contribution in [3.63, 3.8) is 0 Å². The number of aryl methyl sites for hydroxylation is 1. The third-order valence-corrected chi connectivity index (χ3v) is 5.48. The van der Waals surface area contributed by atoms with Crippen molar-refractivity contribution < 1.29 is 15.0 Å². The third kappa shape index (κ3) is 8.52. The molecule has 0 bridgehead atoms. The van der Waals surface area contributed by atoms with Gasteiger partial charge in [0.15, 0.2) is 0 Å². The van der Waals surface area contributed by atoms with E-state index in [9.17, 15) is 15.0 Å². The first kappa shape index (κ1) is 22.0. The molecule has 1 aliphatic rings. The number of unbranched alkanes of at least 4 members (excludes halogenated alkanes) is 2. The Labute approximate surface area is 164 Å². The summed E-state index contributed by atoms with van der Waals surface area (Å²) in [6, 6.07) is 8.40. The van der Waals surface area contributed by atoms with Crippen molar-refractivity contribution in [3.05, 3.63) is 35.4 Å². The molecule has 0 aliphatic carbocycles. The lowest BCUT2D eigenvalue weighted by Crippen LogP contribution is -2.46. The molecule has 1 fully saturated rings. The summed E-state index contributed by atoms with van der Waals surface area (Å²) in [6.45, 7) is 8.37. The minimum Gasteiger partial charge on any atom is -0.391 e. The van der Waals surface area contributed by atoms with E-state index in [1.54, 1.807) is 6.92 Å². The van der Waals surface area contributed by atoms with Crippen LogP contribution in [0.5, 0.6) is 0 Å². The number of piperazine rings is 1. The van der Waals surface area contributed by atoms with E-state index in [1.807, 2.05) is 0 Å². The fourth-order valence-corrected chi connectivity index (χ4v) is 3.55. The van der Waals surface area contributed by atoms with Crippen LogP contribution in [0, 0.1) is 0 Å². The predicted octanol–water partition coefficient (Wildman–Crippen LogP) is 1.89. The van der Waals surface area contributed by atoms with Crippen LogP contribution in [-0.4, -0.2) is 77.8 Å². The maximum atomic E-state index is 10.4. The molecule has 0 amide bonds. The number of nitrogens with zero attached hydrogens (tertiary/aromatic N) is 2. The van der Waals surface area contributed by atoms with Gasteiger partial charge in [-0.2, -0.15) is 0 Å². The van der Waals surface area contributed by atoms with E-state index in [-0.39, 0.29) is 0 Å². The van der Waals surface area contributed by atoms with Crippen LogP contribution >= 0.6 is 0 Å². The number of rotatable bonds is 12. The second-order valence-electron chi connectivity index (χ2n) is 7.78. The standard InChI is InChI=1S/C22H36N2O3/c1-19(26)22(27)18-21-9-7-20(8-10-21)6-2-3-11-23-13-15-24(16-14-23)12-4-5-17-25/h7-10,17,19,22,26-27H,2-6,11-16,18H2,1H3. The zero-order chi connectivity index (χ0) is 19.5. The monoisotopic (exact) mass is 376 g/mol. The Morgan fingerprint density at radius 2 is 1.48 bits per heavy atom. The molecule has 2 rings (SSSR count). The number of carbonyl (C=O) groups excluding carboxylic acids is 1. The summed E-state index contributed by atoms with van der Waals surface area (Å²) in [5.74, 6) is 0. The van der Waals surface area contributed by atoms with Gasteiger partial charge >= 0.3 is 0 Å². The Kier molecular flexibility index (Phi) is 9.98. The van der Waals surface area contributed by atoms with E-state index in [2.05, 4.69) is 34.1 Å². The van der Waals surface area contributed by atoms with Crippen LogP contribution < -0.4 is 0 Å². The Morgan fingerprint density at radius 3 is 2.04 bits per heavy atom. The van der Waals surface area contributed by atoms with Gasteiger partial charge in [-0.3, -0.25) is 0 Å². The molecule has 1 saturated heterocycles. The second-order valence-corrected chi connectivity index (χ2v) is 7.78. The van der Waals surface area contributed by atoms with Crippen LogP contribution in [0.1, 0.15) is 43.7 Å². The van der Waals surface area contributed by atoms with Crippen LogP contribution in [0.3, 0.4) is 0 Å². The highest BCUT2D eigenvalue weighted by Crippen LogP contribution is 2.12. The Morgan fingerprint density at radius 1 is 0.926 bits per heavy atom. The summed E-state index contributed by atoms with van der Waals surface area (Å²) in [5, 5.41) is 19.1. The number of hydrogen-bond donors (Lipinski definition) is 2. The van der Waals surface area contributed by atoms with Gasteiger partial charge < -0.3 is 24.8 Å². The van der Waals surface area contributed by atoms with E-state index in [4.69, 9.17) is 0 Å². The Hall–Kier alpha value is -1.27. The third-order valence-electron chi connectivity index (χ3n) is 5.48. The first-order valence-corrected chi connectivity index (χ1v) is 10.4. The molecule has 5 heteroatoms. The largest absolute Gasteiger partial charge is 0.391 e. The van der Waals surface area contributed by atoms with E-state index >= 15 is 0 Å². The lowest BCUT2D eigenvalue weighted by Gasteiger charge is -2.34. The minimum atomic E-state index is -0.693. The summed E-state index contributed by atoms with van der Waals surface area (Å²) in [6.07, 6.45) is 5.29. The molecular formula is C22H36N2O3. The van der Waals surface area contributed by atoms with Crippen LogP contribution in [0.15, 0.2) is 24.3 Å². The number of aliphatic hydroxyl groups is 2. The molecule has 0 spiro atoms. The quantitative estimate of drug-likeness (QED) is 0.431. The van der Waals surface area contributed by atoms with Gasteiger partial charge in [0, 0.05) is 39.0 Å². The van der Waals surface area contributed by atoms with Crippen LogP contribution in [0.2, 0.25) is 0 Å². The van der Waals surface area contributed by atoms with Gasteiger partial charge in [0.2, 0.25) is 0 Å². The summed E-state index contributed by atoms with van der Waals surface area (Å²) in [4.78, 5) is 15.4. The summed E-state index contributed by atoms with van der Waals surface area (Å²) in [7, 11) is 0. The van der Waals surface area contributed by atoms with Crippen molar-refractivity contribution in [2.45, 2.75) is 57.7 Å². The van der Waals surface area contributed by atoms with Crippen LogP contribution in [0.4, 0.5) is 0 Å². The van der Waals surface area contributed by atoms with Crippen molar-refractivity contribution in [1.29, 1.82) is 0 Å². The van der Waals surface area contributed by atoms with E-state index in [0.29, 0.717) is 12.8 Å². The van der Waals surface area contributed by atoms with Gasteiger partial charge in [-0.05, 0) is 56.8 Å². The zero-order valence-corrected chi connectivity index (χ0v) is 16.7. The van der Waals surface area contributed by atoms with E-state index < -0.39 is 12.2 Å². The minimum absolute atomic E-state index is 0.499. The summed E-state index contributed by atoms with van der Waals surface area (Å²) < 4.78 is 0. The molecule has 0 radical (unpaired) electrons. The second kappa shape index (κ2) is 12.2. The number of aldehydes is 1. The van der Waals surface area contributed by atoms with Gasteiger partial charge in [-0.15, -0.1) is 0 Å². The van der Waals surface area contributed by atoms with Gasteiger partial charge in [0.05, 0.1) is 12.2 Å². The maximum Gasteiger partial charge on any atom is 0.120 e. The molecule has 1 aromatic carbocycles.